The van der Waals surface area contributed by atoms with E-state index in [2.05, 4.69) is 9.88 Å². The lowest BCUT2D eigenvalue weighted by molar-refractivity contribution is 0.263. The quantitative estimate of drug-likeness (QED) is 0.593. The molecule has 0 spiro atoms. The van der Waals surface area contributed by atoms with Crippen LogP contribution in [-0.4, -0.2) is 41.2 Å². The van der Waals surface area contributed by atoms with E-state index in [9.17, 15) is 5.11 Å². The van der Waals surface area contributed by atoms with Crippen molar-refractivity contribution < 1.29 is 9.84 Å². The summed E-state index contributed by atoms with van der Waals surface area (Å²) in [7, 11) is 0. The number of aromatic hydroxyl groups is 1. The fraction of sp³-hybridized carbons (Fsp3) is 0.292. The standard InChI is InChI=1S/C24H26N2O2/c27-23-6-3-5-20-10-12-21(25-24(20)23)11-7-19-8-13-22(14-9-19)28-18-4-17-26-15-1-2-16-26/h3,5-14,27H,1-2,4,15-18H2/b11-7+. The maximum atomic E-state index is 9.96. The molecule has 28 heavy (non-hydrogen) atoms. The van der Waals surface area contributed by atoms with Crippen molar-refractivity contribution >= 4 is 23.1 Å². The highest BCUT2D eigenvalue weighted by Gasteiger charge is 2.10. The van der Waals surface area contributed by atoms with Crippen molar-refractivity contribution in [2.45, 2.75) is 19.3 Å². The molecule has 0 bridgehead atoms. The highest BCUT2D eigenvalue weighted by atomic mass is 16.5. The molecule has 0 amide bonds. The van der Waals surface area contributed by atoms with Crippen molar-refractivity contribution in [3.63, 3.8) is 0 Å². The fourth-order valence-electron chi connectivity index (χ4n) is 3.58. The van der Waals surface area contributed by atoms with Gasteiger partial charge in [0.1, 0.15) is 17.0 Å². The molecular formula is C24H26N2O2. The number of likely N-dealkylation sites (tertiary alicyclic amines) is 1. The van der Waals surface area contributed by atoms with Crippen LogP contribution >= 0.6 is 0 Å². The van der Waals surface area contributed by atoms with Crippen LogP contribution in [0.1, 0.15) is 30.5 Å². The number of benzene rings is 2. The SMILES string of the molecule is Oc1cccc2ccc(/C=C/c3ccc(OCCCN4CCCC4)cc3)nc12. The molecule has 0 radical (unpaired) electrons. The zero-order chi connectivity index (χ0) is 19.2. The molecule has 0 atom stereocenters. The van der Waals surface area contributed by atoms with Crippen molar-refractivity contribution in [2.24, 2.45) is 0 Å². The Labute approximate surface area is 166 Å². The van der Waals surface area contributed by atoms with E-state index in [1.807, 2.05) is 60.7 Å². The van der Waals surface area contributed by atoms with Gasteiger partial charge >= 0.3 is 0 Å². The van der Waals surface area contributed by atoms with Crippen LogP contribution in [0.2, 0.25) is 0 Å². The van der Waals surface area contributed by atoms with Crippen LogP contribution < -0.4 is 4.74 Å². The maximum Gasteiger partial charge on any atom is 0.141 e. The number of hydrogen-bond acceptors (Lipinski definition) is 4. The summed E-state index contributed by atoms with van der Waals surface area (Å²) in [5.41, 5.74) is 2.53. The Morgan fingerprint density at radius 2 is 1.79 bits per heavy atom. The molecule has 1 aromatic heterocycles. The Morgan fingerprint density at radius 3 is 2.61 bits per heavy atom. The Hall–Kier alpha value is -2.85. The van der Waals surface area contributed by atoms with Gasteiger partial charge in [0, 0.05) is 11.9 Å². The molecule has 1 N–H and O–H groups in total. The lowest BCUT2D eigenvalue weighted by Gasteiger charge is -2.14. The first-order valence-electron chi connectivity index (χ1n) is 10.00. The average molecular weight is 374 g/mol. The van der Waals surface area contributed by atoms with Gasteiger partial charge in [-0.15, -0.1) is 0 Å². The second-order valence-electron chi connectivity index (χ2n) is 7.24. The molecule has 0 unspecified atom stereocenters. The number of rotatable bonds is 7. The van der Waals surface area contributed by atoms with E-state index in [0.29, 0.717) is 5.52 Å². The molecule has 1 saturated heterocycles. The van der Waals surface area contributed by atoms with Crippen LogP contribution in [0.3, 0.4) is 0 Å². The minimum Gasteiger partial charge on any atom is -0.506 e. The van der Waals surface area contributed by atoms with Gasteiger partial charge in [0.2, 0.25) is 0 Å². The topological polar surface area (TPSA) is 45.6 Å². The van der Waals surface area contributed by atoms with Gasteiger partial charge in [-0.3, -0.25) is 0 Å². The highest BCUT2D eigenvalue weighted by Crippen LogP contribution is 2.23. The minimum absolute atomic E-state index is 0.207. The molecule has 1 aliphatic rings. The molecule has 3 aromatic rings. The normalized spacial score (nSPS) is 14.9. The monoisotopic (exact) mass is 374 g/mol. The number of fused-ring (bicyclic) bond motifs is 1. The zero-order valence-electron chi connectivity index (χ0n) is 16.1. The lowest BCUT2D eigenvalue weighted by atomic mass is 10.1. The van der Waals surface area contributed by atoms with Crippen molar-refractivity contribution in [2.75, 3.05) is 26.2 Å². The Balaban J connectivity index is 1.31. The van der Waals surface area contributed by atoms with Gasteiger partial charge in [-0.25, -0.2) is 4.98 Å². The molecule has 144 valence electrons. The van der Waals surface area contributed by atoms with Gasteiger partial charge in [-0.2, -0.15) is 0 Å². The summed E-state index contributed by atoms with van der Waals surface area (Å²) in [5.74, 6) is 1.12. The van der Waals surface area contributed by atoms with Crippen LogP contribution in [-0.2, 0) is 0 Å². The molecule has 0 saturated carbocycles. The van der Waals surface area contributed by atoms with E-state index >= 15 is 0 Å². The van der Waals surface area contributed by atoms with Gasteiger partial charge in [0.15, 0.2) is 0 Å². The summed E-state index contributed by atoms with van der Waals surface area (Å²) in [6.45, 7) is 4.38. The van der Waals surface area contributed by atoms with Crippen molar-refractivity contribution in [1.82, 2.24) is 9.88 Å². The number of pyridine rings is 1. The summed E-state index contributed by atoms with van der Waals surface area (Å²) in [5, 5.41) is 10.9. The first-order valence-corrected chi connectivity index (χ1v) is 10.00. The molecular weight excluding hydrogens is 348 g/mol. The van der Waals surface area contributed by atoms with E-state index < -0.39 is 0 Å². The maximum absolute atomic E-state index is 9.96. The molecule has 4 heteroatoms. The Bertz CT molecular complexity index is 944. The zero-order valence-corrected chi connectivity index (χ0v) is 16.1. The third-order valence-corrected chi connectivity index (χ3v) is 5.13. The van der Waals surface area contributed by atoms with Gasteiger partial charge in [-0.05, 0) is 68.3 Å². The van der Waals surface area contributed by atoms with Crippen LogP contribution in [0.4, 0.5) is 0 Å². The summed E-state index contributed by atoms with van der Waals surface area (Å²) < 4.78 is 5.85. The average Bonchev–Trinajstić information content (AvgIpc) is 3.25. The number of phenolic OH excluding ortho intramolecular Hbond substituents is 1. The van der Waals surface area contributed by atoms with Crippen LogP contribution in [0.5, 0.6) is 11.5 Å². The number of hydrogen-bond donors (Lipinski definition) is 1. The number of para-hydroxylation sites is 1. The van der Waals surface area contributed by atoms with E-state index in [4.69, 9.17) is 4.74 Å². The van der Waals surface area contributed by atoms with Crippen molar-refractivity contribution in [3.05, 3.63) is 65.9 Å². The van der Waals surface area contributed by atoms with Gasteiger partial charge in [-0.1, -0.05) is 36.4 Å². The van der Waals surface area contributed by atoms with Gasteiger partial charge < -0.3 is 14.7 Å². The third-order valence-electron chi connectivity index (χ3n) is 5.13. The van der Waals surface area contributed by atoms with Crippen molar-refractivity contribution in [3.8, 4) is 11.5 Å². The number of phenols is 1. The summed E-state index contributed by atoms with van der Waals surface area (Å²) in [4.78, 5) is 7.04. The lowest BCUT2D eigenvalue weighted by Crippen LogP contribution is -2.21. The minimum atomic E-state index is 0.207. The molecule has 2 heterocycles. The van der Waals surface area contributed by atoms with E-state index in [-0.39, 0.29) is 5.75 Å². The summed E-state index contributed by atoms with van der Waals surface area (Å²) in [6.07, 6.45) is 7.72. The van der Waals surface area contributed by atoms with Gasteiger partial charge in [0.05, 0.1) is 12.3 Å². The smallest absolute Gasteiger partial charge is 0.141 e. The molecule has 0 aliphatic carbocycles. The molecule has 2 aromatic carbocycles. The largest absolute Gasteiger partial charge is 0.506 e. The van der Waals surface area contributed by atoms with Crippen molar-refractivity contribution in [1.29, 1.82) is 0 Å². The first kappa shape index (κ1) is 18.5. The first-order chi connectivity index (χ1) is 13.8. The molecule has 4 rings (SSSR count). The van der Waals surface area contributed by atoms with Crippen LogP contribution in [0.25, 0.3) is 23.1 Å². The Morgan fingerprint density at radius 1 is 0.964 bits per heavy atom. The molecule has 1 aliphatic heterocycles. The van der Waals surface area contributed by atoms with E-state index in [1.54, 1.807) is 6.07 Å². The molecule has 1 fully saturated rings. The Kier molecular flexibility index (Phi) is 5.88. The van der Waals surface area contributed by atoms with E-state index in [1.165, 1.54) is 25.9 Å². The van der Waals surface area contributed by atoms with Crippen LogP contribution in [0.15, 0.2) is 54.6 Å². The predicted molar refractivity (Wildman–Crippen MR) is 115 cm³/mol. The number of ether oxygens (including phenoxy) is 1. The number of nitrogens with zero attached hydrogens (tertiary/aromatic N) is 2. The fourth-order valence-corrected chi connectivity index (χ4v) is 3.58. The number of aromatic nitrogens is 1. The third kappa shape index (κ3) is 4.70. The highest BCUT2D eigenvalue weighted by molar-refractivity contribution is 5.85. The van der Waals surface area contributed by atoms with Crippen LogP contribution in [0, 0.1) is 0 Å². The van der Waals surface area contributed by atoms with E-state index in [0.717, 1.165) is 42.0 Å². The second kappa shape index (κ2) is 8.89. The summed E-state index contributed by atoms with van der Waals surface area (Å²) >= 11 is 0. The molecule has 4 nitrogen and oxygen atoms in total. The predicted octanol–water partition coefficient (Wildman–Crippen LogP) is 4.98. The second-order valence-corrected chi connectivity index (χ2v) is 7.24. The summed E-state index contributed by atoms with van der Waals surface area (Å²) in [6, 6.07) is 17.5. The van der Waals surface area contributed by atoms with Gasteiger partial charge in [0.25, 0.3) is 0 Å².